The van der Waals surface area contributed by atoms with Gasteiger partial charge in [0.15, 0.2) is 0 Å². The second kappa shape index (κ2) is 8.22. The van der Waals surface area contributed by atoms with Crippen LogP contribution in [0, 0.1) is 0 Å². The van der Waals surface area contributed by atoms with Crippen molar-refractivity contribution in [2.75, 3.05) is 19.8 Å². The third-order valence-corrected chi connectivity index (χ3v) is 7.13. The summed E-state index contributed by atoms with van der Waals surface area (Å²) < 4.78 is 23.7. The zero-order valence-electron chi connectivity index (χ0n) is 14.1. The molecule has 1 aromatic rings. The Bertz CT molecular complexity index is 422. The van der Waals surface area contributed by atoms with Crippen LogP contribution in [0.1, 0.15) is 27.7 Å². The van der Waals surface area contributed by atoms with E-state index >= 15 is 0 Å². The number of rotatable bonds is 10. The van der Waals surface area contributed by atoms with E-state index in [4.69, 9.17) is 18.3 Å². The molecule has 1 unspecified atom stereocenters. The first-order valence-corrected chi connectivity index (χ1v) is 10.1. The van der Waals surface area contributed by atoms with Gasteiger partial charge in [0.2, 0.25) is 0 Å². The molecule has 1 aromatic carbocycles. The maximum absolute atomic E-state index is 6.36. The van der Waals surface area contributed by atoms with Gasteiger partial charge < -0.3 is 18.3 Å². The van der Waals surface area contributed by atoms with Crippen LogP contribution in [0.15, 0.2) is 30.3 Å². The molecule has 1 aliphatic heterocycles. The van der Waals surface area contributed by atoms with Gasteiger partial charge in [-0.2, -0.15) is 0 Å². The molecule has 1 saturated heterocycles. The molecule has 0 bridgehead atoms. The maximum Gasteiger partial charge on any atom is 0.375 e. The number of epoxide rings is 1. The zero-order chi connectivity index (χ0) is 16.0. The van der Waals surface area contributed by atoms with Gasteiger partial charge in [0.25, 0.3) is 0 Å². The van der Waals surface area contributed by atoms with Gasteiger partial charge in [-0.15, -0.1) is 0 Å². The highest BCUT2D eigenvalue weighted by atomic mass is 28.4. The topological polar surface area (TPSA) is 40.2 Å². The second-order valence-corrected chi connectivity index (χ2v) is 9.29. The molecule has 22 heavy (non-hydrogen) atoms. The molecule has 0 spiro atoms. The standard InChI is InChI=1S/C17H28O4Si/c1-14(2)20-22(21-15(3)4,17-8-6-5-7-9-17)11-10-18-12-16-13-19-16/h5-9,14-16H,10-13H2,1-4H3. The Balaban J connectivity index is 2.10. The van der Waals surface area contributed by atoms with E-state index in [9.17, 15) is 0 Å². The molecule has 0 aliphatic carbocycles. The van der Waals surface area contributed by atoms with Crippen molar-refractivity contribution in [2.45, 2.75) is 52.1 Å². The molecule has 124 valence electrons. The van der Waals surface area contributed by atoms with Gasteiger partial charge in [0, 0.05) is 24.9 Å². The van der Waals surface area contributed by atoms with Gasteiger partial charge in [-0.05, 0) is 32.9 Å². The van der Waals surface area contributed by atoms with E-state index in [0.29, 0.717) is 19.3 Å². The van der Waals surface area contributed by atoms with Crippen molar-refractivity contribution in [3.63, 3.8) is 0 Å². The summed E-state index contributed by atoms with van der Waals surface area (Å²) in [5.74, 6) is 0. The molecule has 1 atom stereocenters. The van der Waals surface area contributed by atoms with Gasteiger partial charge >= 0.3 is 8.56 Å². The molecule has 0 saturated carbocycles. The zero-order valence-corrected chi connectivity index (χ0v) is 15.1. The Hall–Kier alpha value is -0.723. The Morgan fingerprint density at radius 1 is 1.09 bits per heavy atom. The molecule has 0 aromatic heterocycles. The summed E-state index contributed by atoms with van der Waals surface area (Å²) in [6, 6.07) is 11.1. The van der Waals surface area contributed by atoms with Crippen LogP contribution in [0.3, 0.4) is 0 Å². The Morgan fingerprint density at radius 3 is 2.18 bits per heavy atom. The lowest BCUT2D eigenvalue weighted by molar-refractivity contribution is 0.0915. The average molecular weight is 324 g/mol. The van der Waals surface area contributed by atoms with Crippen LogP contribution >= 0.6 is 0 Å². The number of benzene rings is 1. The minimum absolute atomic E-state index is 0.123. The maximum atomic E-state index is 6.36. The van der Waals surface area contributed by atoms with Crippen molar-refractivity contribution in [1.29, 1.82) is 0 Å². The molecular weight excluding hydrogens is 296 g/mol. The lowest BCUT2D eigenvalue weighted by Crippen LogP contribution is -2.57. The second-order valence-electron chi connectivity index (χ2n) is 6.23. The van der Waals surface area contributed by atoms with Gasteiger partial charge in [0.1, 0.15) is 6.10 Å². The summed E-state index contributed by atoms with van der Waals surface area (Å²) in [5, 5.41) is 1.17. The van der Waals surface area contributed by atoms with E-state index in [1.807, 2.05) is 18.2 Å². The van der Waals surface area contributed by atoms with E-state index in [0.717, 1.165) is 12.7 Å². The number of ether oxygens (including phenoxy) is 2. The summed E-state index contributed by atoms with van der Waals surface area (Å²) in [5.41, 5.74) is 0. The molecular formula is C17H28O4Si. The molecule has 0 amide bonds. The lowest BCUT2D eigenvalue weighted by Gasteiger charge is -2.34. The third kappa shape index (κ3) is 5.48. The van der Waals surface area contributed by atoms with Crippen molar-refractivity contribution in [1.82, 2.24) is 0 Å². The highest BCUT2D eigenvalue weighted by Gasteiger charge is 2.42. The summed E-state index contributed by atoms with van der Waals surface area (Å²) in [6.07, 6.45) is 0.541. The van der Waals surface area contributed by atoms with Crippen LogP contribution in [0.2, 0.25) is 6.04 Å². The minimum atomic E-state index is -2.52. The predicted octanol–water partition coefficient (Wildman–Crippen LogP) is 2.60. The van der Waals surface area contributed by atoms with Crippen LogP contribution in [-0.2, 0) is 18.3 Å². The Morgan fingerprint density at radius 2 is 1.68 bits per heavy atom. The van der Waals surface area contributed by atoms with Crippen LogP contribution in [0.5, 0.6) is 0 Å². The van der Waals surface area contributed by atoms with E-state index in [2.05, 4.69) is 39.8 Å². The van der Waals surface area contributed by atoms with Gasteiger partial charge in [-0.25, -0.2) is 0 Å². The van der Waals surface area contributed by atoms with E-state index in [1.165, 1.54) is 5.19 Å². The van der Waals surface area contributed by atoms with Crippen molar-refractivity contribution in [3.05, 3.63) is 30.3 Å². The first-order valence-electron chi connectivity index (χ1n) is 8.12. The Labute approximate surface area is 135 Å². The van der Waals surface area contributed by atoms with Crippen molar-refractivity contribution < 1.29 is 18.3 Å². The fraction of sp³-hybridized carbons (Fsp3) is 0.647. The molecule has 1 heterocycles. The summed E-state index contributed by atoms with van der Waals surface area (Å²) in [6.45, 7) is 10.4. The molecule has 1 aliphatic rings. The van der Waals surface area contributed by atoms with Crippen LogP contribution in [-0.4, -0.2) is 46.7 Å². The fourth-order valence-corrected chi connectivity index (χ4v) is 5.95. The van der Waals surface area contributed by atoms with Gasteiger partial charge in [0.05, 0.1) is 13.2 Å². The van der Waals surface area contributed by atoms with Crippen molar-refractivity contribution in [2.24, 2.45) is 0 Å². The Kier molecular flexibility index (Phi) is 6.59. The van der Waals surface area contributed by atoms with Crippen LogP contribution in [0.4, 0.5) is 0 Å². The van der Waals surface area contributed by atoms with Crippen molar-refractivity contribution in [3.8, 4) is 0 Å². The lowest BCUT2D eigenvalue weighted by atomic mass is 10.4. The highest BCUT2D eigenvalue weighted by molar-refractivity contribution is 6.81. The van der Waals surface area contributed by atoms with E-state index in [1.54, 1.807) is 0 Å². The summed E-state index contributed by atoms with van der Waals surface area (Å²) >= 11 is 0. The number of hydrogen-bond acceptors (Lipinski definition) is 4. The largest absolute Gasteiger partial charge is 0.388 e. The molecule has 0 radical (unpaired) electrons. The fourth-order valence-electron chi connectivity index (χ4n) is 2.47. The monoisotopic (exact) mass is 324 g/mol. The van der Waals surface area contributed by atoms with Crippen molar-refractivity contribution >= 4 is 13.7 Å². The first-order chi connectivity index (χ1) is 10.5. The SMILES string of the molecule is CC(C)O[Si](CCOCC1CO1)(OC(C)C)c1ccccc1. The van der Waals surface area contributed by atoms with Gasteiger partial charge in [-0.1, -0.05) is 30.3 Å². The molecule has 2 rings (SSSR count). The molecule has 0 N–H and O–H groups in total. The number of hydrogen-bond donors (Lipinski definition) is 0. The normalized spacial score (nSPS) is 18.2. The summed E-state index contributed by atoms with van der Waals surface area (Å²) in [7, 11) is -2.52. The predicted molar refractivity (Wildman–Crippen MR) is 89.6 cm³/mol. The molecule has 5 heteroatoms. The molecule has 4 nitrogen and oxygen atoms in total. The van der Waals surface area contributed by atoms with Crippen LogP contribution in [0.25, 0.3) is 0 Å². The first kappa shape index (κ1) is 17.6. The smallest absolute Gasteiger partial charge is 0.375 e. The quantitative estimate of drug-likeness (QED) is 0.377. The van der Waals surface area contributed by atoms with E-state index in [-0.39, 0.29) is 12.2 Å². The van der Waals surface area contributed by atoms with E-state index < -0.39 is 8.56 Å². The minimum Gasteiger partial charge on any atom is -0.388 e. The third-order valence-electron chi connectivity index (χ3n) is 3.35. The van der Waals surface area contributed by atoms with Gasteiger partial charge in [-0.3, -0.25) is 0 Å². The average Bonchev–Trinajstić information content (AvgIpc) is 3.27. The van der Waals surface area contributed by atoms with Crippen LogP contribution < -0.4 is 5.19 Å². The summed E-state index contributed by atoms with van der Waals surface area (Å²) in [4.78, 5) is 0. The molecule has 1 fully saturated rings. The highest BCUT2D eigenvalue weighted by Crippen LogP contribution is 2.20.